The topological polar surface area (TPSA) is 52.0 Å². The Morgan fingerprint density at radius 3 is 2.53 bits per heavy atom. The summed E-state index contributed by atoms with van der Waals surface area (Å²) in [5.41, 5.74) is 16.6. The van der Waals surface area contributed by atoms with Crippen molar-refractivity contribution in [3.8, 4) is 0 Å². The Labute approximate surface area is 114 Å². The molecule has 4 heteroatoms. The lowest BCUT2D eigenvalue weighted by atomic mass is 9.91. The molecule has 0 atom stereocenters. The largest absolute Gasteiger partial charge is 0.402 e. The predicted molar refractivity (Wildman–Crippen MR) is 75.6 cm³/mol. The zero-order valence-electron chi connectivity index (χ0n) is 9.39. The Morgan fingerprint density at radius 2 is 1.88 bits per heavy atom. The van der Waals surface area contributed by atoms with Crippen LogP contribution in [0.25, 0.3) is 5.57 Å². The van der Waals surface area contributed by atoms with E-state index in [0.717, 1.165) is 27.8 Å². The summed E-state index contributed by atoms with van der Waals surface area (Å²) in [6, 6.07) is 3.81. The summed E-state index contributed by atoms with van der Waals surface area (Å²) in [6.07, 6.45) is 4.62. The van der Waals surface area contributed by atoms with E-state index in [-0.39, 0.29) is 0 Å². The van der Waals surface area contributed by atoms with Gasteiger partial charge in [0, 0.05) is 21.4 Å². The number of halogens is 2. The van der Waals surface area contributed by atoms with Crippen molar-refractivity contribution in [3.05, 3.63) is 32.9 Å². The first-order valence-corrected chi connectivity index (χ1v) is 6.95. The average molecular weight is 314 g/mol. The average Bonchev–Trinajstić information content (AvgIpc) is 2.96. The predicted octanol–water partition coefficient (Wildman–Crippen LogP) is 3.93. The van der Waals surface area contributed by atoms with Crippen molar-refractivity contribution in [1.82, 2.24) is 0 Å². The summed E-state index contributed by atoms with van der Waals surface area (Å²) in [4.78, 5) is 0. The van der Waals surface area contributed by atoms with Crippen LogP contribution in [0.1, 0.15) is 31.2 Å². The maximum Gasteiger partial charge on any atom is 0.0555 e. The van der Waals surface area contributed by atoms with Crippen LogP contribution in [0.15, 0.2) is 22.3 Å². The molecule has 0 unspecified atom stereocenters. The number of rotatable bonds is 1. The first-order valence-electron chi connectivity index (χ1n) is 5.77. The van der Waals surface area contributed by atoms with Gasteiger partial charge in [0.25, 0.3) is 0 Å². The van der Waals surface area contributed by atoms with Gasteiger partial charge in [-0.1, -0.05) is 11.6 Å². The second-order valence-corrected chi connectivity index (χ2v) is 6.30. The quantitative estimate of drug-likeness (QED) is 0.772. The molecule has 1 fully saturated rings. The highest BCUT2D eigenvalue weighted by atomic mass is 79.9. The molecule has 0 bridgehead atoms. The highest BCUT2D eigenvalue weighted by molar-refractivity contribution is 9.10. The molecule has 2 nitrogen and oxygen atoms in total. The van der Waals surface area contributed by atoms with Crippen molar-refractivity contribution in [3.63, 3.8) is 0 Å². The van der Waals surface area contributed by atoms with E-state index in [1.807, 2.05) is 12.1 Å². The maximum atomic E-state index is 6.16. The lowest BCUT2D eigenvalue weighted by Crippen LogP contribution is -2.05. The molecule has 17 heavy (non-hydrogen) atoms. The molecule has 90 valence electrons. The molecule has 1 aromatic carbocycles. The van der Waals surface area contributed by atoms with Gasteiger partial charge in [-0.2, -0.15) is 0 Å². The van der Waals surface area contributed by atoms with Crippen LogP contribution in [0.4, 0.5) is 5.69 Å². The minimum Gasteiger partial charge on any atom is -0.402 e. The number of nitrogens with two attached hydrogens (primary N) is 2. The van der Waals surface area contributed by atoms with Crippen LogP contribution < -0.4 is 11.5 Å². The smallest absolute Gasteiger partial charge is 0.0555 e. The summed E-state index contributed by atoms with van der Waals surface area (Å²) in [6.45, 7) is 0. The second-order valence-electron chi connectivity index (χ2n) is 5.03. The van der Waals surface area contributed by atoms with Gasteiger partial charge in [0.1, 0.15) is 0 Å². The van der Waals surface area contributed by atoms with Crippen molar-refractivity contribution in [2.45, 2.75) is 25.7 Å². The minimum absolute atomic E-state index is 0.315. The molecule has 0 aliphatic heterocycles. The highest BCUT2D eigenvalue weighted by Gasteiger charge is 2.50. The third-order valence-corrected chi connectivity index (χ3v) is 5.14. The molecule has 3 rings (SSSR count). The van der Waals surface area contributed by atoms with Crippen molar-refractivity contribution < 1.29 is 0 Å². The summed E-state index contributed by atoms with van der Waals surface area (Å²) in [5, 5.41) is 0.692. The fraction of sp³-hybridized carbons (Fsp3) is 0.385. The lowest BCUT2D eigenvalue weighted by molar-refractivity contribution is 0.643. The second kappa shape index (κ2) is 3.66. The van der Waals surface area contributed by atoms with Crippen LogP contribution in [-0.2, 0) is 0 Å². The maximum absolute atomic E-state index is 6.16. The molecule has 1 saturated carbocycles. The van der Waals surface area contributed by atoms with E-state index < -0.39 is 0 Å². The van der Waals surface area contributed by atoms with Gasteiger partial charge in [-0.15, -0.1) is 0 Å². The number of hydrogen-bond acceptors (Lipinski definition) is 2. The van der Waals surface area contributed by atoms with E-state index >= 15 is 0 Å². The van der Waals surface area contributed by atoms with Crippen molar-refractivity contribution >= 4 is 38.8 Å². The van der Waals surface area contributed by atoms with Crippen LogP contribution >= 0.6 is 27.5 Å². The van der Waals surface area contributed by atoms with Crippen molar-refractivity contribution in [2.24, 2.45) is 11.1 Å². The molecule has 0 radical (unpaired) electrons. The van der Waals surface area contributed by atoms with E-state index in [4.69, 9.17) is 23.1 Å². The molecule has 2 aliphatic rings. The van der Waals surface area contributed by atoms with Crippen LogP contribution in [0.3, 0.4) is 0 Å². The first-order chi connectivity index (χ1) is 8.03. The van der Waals surface area contributed by atoms with Gasteiger partial charge in [-0.05, 0) is 64.7 Å². The van der Waals surface area contributed by atoms with Crippen LogP contribution in [0.5, 0.6) is 0 Å². The summed E-state index contributed by atoms with van der Waals surface area (Å²) < 4.78 is 0.836. The lowest BCUT2D eigenvalue weighted by Gasteiger charge is -2.16. The molecular formula is C13H14BrClN2. The van der Waals surface area contributed by atoms with Gasteiger partial charge in [-0.3, -0.25) is 0 Å². The molecular weight excluding hydrogens is 300 g/mol. The van der Waals surface area contributed by atoms with Gasteiger partial charge in [0.2, 0.25) is 0 Å². The third-order valence-electron chi connectivity index (χ3n) is 3.94. The molecule has 2 aliphatic carbocycles. The molecule has 4 N–H and O–H groups in total. The number of benzene rings is 1. The number of nitrogen functional groups attached to an aromatic ring is 1. The van der Waals surface area contributed by atoms with Crippen LogP contribution in [0, 0.1) is 5.41 Å². The van der Waals surface area contributed by atoms with Gasteiger partial charge in [-0.25, -0.2) is 0 Å². The van der Waals surface area contributed by atoms with E-state index in [1.54, 1.807) is 0 Å². The number of allylic oxidation sites excluding steroid dienone is 2. The molecule has 0 heterocycles. The van der Waals surface area contributed by atoms with Gasteiger partial charge in [0.15, 0.2) is 0 Å². The Morgan fingerprint density at radius 1 is 1.18 bits per heavy atom. The van der Waals surface area contributed by atoms with E-state index in [2.05, 4.69) is 15.9 Å². The zero-order valence-corrected chi connectivity index (χ0v) is 11.7. The Hall–Kier alpha value is -0.670. The van der Waals surface area contributed by atoms with Crippen molar-refractivity contribution in [1.29, 1.82) is 0 Å². The third kappa shape index (κ3) is 1.67. The highest BCUT2D eigenvalue weighted by Crippen LogP contribution is 2.64. The zero-order chi connectivity index (χ0) is 12.2. The molecule has 1 spiro atoms. The van der Waals surface area contributed by atoms with Gasteiger partial charge < -0.3 is 11.5 Å². The number of hydrogen-bond donors (Lipinski definition) is 2. The fourth-order valence-corrected chi connectivity index (χ4v) is 3.38. The summed E-state index contributed by atoms with van der Waals surface area (Å²) >= 11 is 9.55. The molecule has 1 aromatic rings. The van der Waals surface area contributed by atoms with E-state index in [1.165, 1.54) is 24.8 Å². The Bertz CT molecular complexity index is 532. The summed E-state index contributed by atoms with van der Waals surface area (Å²) in [7, 11) is 0. The Balaban J connectivity index is 2.16. The normalized spacial score (nSPS) is 21.3. The molecule has 0 saturated heterocycles. The van der Waals surface area contributed by atoms with Gasteiger partial charge in [0.05, 0.1) is 5.02 Å². The first kappa shape index (κ1) is 11.4. The number of anilines is 1. The standard InChI is InChI=1S/C13H14BrClN2/c14-8-6-11(17)7(5-9(8)15)12-10(16)1-2-13(12)3-4-13/h5-6H,1-4,16-17H2. The van der Waals surface area contributed by atoms with E-state index in [0.29, 0.717) is 10.4 Å². The molecule has 0 aromatic heterocycles. The fourth-order valence-electron chi connectivity index (χ4n) is 2.85. The van der Waals surface area contributed by atoms with Crippen molar-refractivity contribution in [2.75, 3.05) is 5.73 Å². The molecule has 0 amide bonds. The van der Waals surface area contributed by atoms with Crippen LogP contribution in [-0.4, -0.2) is 0 Å². The minimum atomic E-state index is 0.315. The Kier molecular flexibility index (Phi) is 2.46. The van der Waals surface area contributed by atoms with E-state index in [9.17, 15) is 0 Å². The van der Waals surface area contributed by atoms with Gasteiger partial charge >= 0.3 is 0 Å². The SMILES string of the molecule is NC1=C(c2cc(Cl)c(Br)cc2N)C2(CC1)CC2. The monoisotopic (exact) mass is 312 g/mol. The summed E-state index contributed by atoms with van der Waals surface area (Å²) in [5.74, 6) is 0. The van der Waals surface area contributed by atoms with Crippen LogP contribution in [0.2, 0.25) is 5.02 Å².